The van der Waals surface area contributed by atoms with Crippen molar-refractivity contribution in [3.8, 4) is 0 Å². The highest BCUT2D eigenvalue weighted by atomic mass is 35.5. The highest BCUT2D eigenvalue weighted by Gasteiger charge is 2.18. The van der Waals surface area contributed by atoms with Gasteiger partial charge >= 0.3 is 0 Å². The lowest BCUT2D eigenvalue weighted by molar-refractivity contribution is -0.919. The monoisotopic (exact) mass is 292 g/mol. The topological polar surface area (TPSA) is 44.9 Å². The maximum Gasteiger partial charge on any atom is 0.106 e. The van der Waals surface area contributed by atoms with Gasteiger partial charge in [0, 0.05) is 5.56 Å². The Labute approximate surface area is 118 Å². The van der Waals surface area contributed by atoms with Gasteiger partial charge in [0.1, 0.15) is 31.8 Å². The summed E-state index contributed by atoms with van der Waals surface area (Å²) in [6.45, 7) is 5.15. The Morgan fingerprint density at radius 3 is 1.89 bits per heavy atom. The lowest BCUT2D eigenvalue weighted by Gasteiger charge is -2.23. The minimum Gasteiger partial charge on any atom is -0.388 e. The number of rotatable bonds is 6. The minimum atomic E-state index is -0.431. The van der Waals surface area contributed by atoms with Gasteiger partial charge in [-0.25, -0.2) is 0 Å². The van der Waals surface area contributed by atoms with Crippen molar-refractivity contribution in [2.24, 2.45) is 0 Å². The second-order valence-corrected chi connectivity index (χ2v) is 5.55. The van der Waals surface area contributed by atoms with Crippen LogP contribution in [-0.4, -0.2) is 35.5 Å². The number of halogens is 2. The first-order chi connectivity index (χ1) is 8.40. The number of quaternary nitrogens is 1. The molecule has 2 atom stereocenters. The van der Waals surface area contributed by atoms with Crippen LogP contribution in [0.3, 0.4) is 0 Å². The standard InChI is InChI=1S/C13H19Cl2NO2/c1-9(17)6-16(7-10(2)18)8-11-12(14)4-3-5-13(11)15/h3-5,9-10,17-18H,6-8H2,1-2H3/p+1/t9-,10-/m0/s1. The first-order valence-electron chi connectivity index (χ1n) is 6.02. The maximum absolute atomic E-state index is 9.48. The van der Waals surface area contributed by atoms with Crippen LogP contribution >= 0.6 is 23.2 Å². The zero-order chi connectivity index (χ0) is 13.7. The molecular weight excluding hydrogens is 273 g/mol. The van der Waals surface area contributed by atoms with E-state index in [0.29, 0.717) is 29.7 Å². The van der Waals surface area contributed by atoms with Crippen LogP contribution in [-0.2, 0) is 6.54 Å². The van der Waals surface area contributed by atoms with Crippen LogP contribution in [0.2, 0.25) is 10.0 Å². The highest BCUT2D eigenvalue weighted by molar-refractivity contribution is 6.35. The smallest absolute Gasteiger partial charge is 0.106 e. The van der Waals surface area contributed by atoms with Gasteiger partial charge in [-0.05, 0) is 26.0 Å². The third kappa shape index (κ3) is 5.12. The van der Waals surface area contributed by atoms with Crippen molar-refractivity contribution in [1.29, 1.82) is 0 Å². The molecule has 0 aliphatic rings. The second kappa shape index (κ2) is 7.31. The Hall–Kier alpha value is -0.320. The van der Waals surface area contributed by atoms with Crippen molar-refractivity contribution >= 4 is 23.2 Å². The Morgan fingerprint density at radius 2 is 1.50 bits per heavy atom. The Bertz CT molecular complexity index is 353. The maximum atomic E-state index is 9.48. The molecular formula is C13H20Cl2NO2+. The van der Waals surface area contributed by atoms with E-state index in [-0.39, 0.29) is 0 Å². The SMILES string of the molecule is C[C@H](O)C[NH+](Cc1c(Cl)cccc1Cl)C[C@H](C)O. The summed E-state index contributed by atoms with van der Waals surface area (Å²) < 4.78 is 0. The summed E-state index contributed by atoms with van der Waals surface area (Å²) in [6.07, 6.45) is -0.861. The summed E-state index contributed by atoms with van der Waals surface area (Å²) in [4.78, 5) is 1.05. The van der Waals surface area contributed by atoms with E-state index >= 15 is 0 Å². The second-order valence-electron chi connectivity index (χ2n) is 4.73. The molecule has 0 fully saturated rings. The lowest BCUT2D eigenvalue weighted by atomic mass is 10.2. The normalized spacial score (nSPS) is 14.8. The van der Waals surface area contributed by atoms with E-state index in [1.807, 2.05) is 0 Å². The van der Waals surface area contributed by atoms with Crippen molar-refractivity contribution in [3.63, 3.8) is 0 Å². The van der Waals surface area contributed by atoms with Crippen LogP contribution in [0.15, 0.2) is 18.2 Å². The van der Waals surface area contributed by atoms with Gasteiger partial charge in [0.25, 0.3) is 0 Å². The molecule has 0 saturated carbocycles. The van der Waals surface area contributed by atoms with Gasteiger partial charge in [0.15, 0.2) is 0 Å². The lowest BCUT2D eigenvalue weighted by Crippen LogP contribution is -3.12. The number of aliphatic hydroxyl groups excluding tert-OH is 2. The molecule has 1 aromatic carbocycles. The zero-order valence-corrected chi connectivity index (χ0v) is 12.2. The Balaban J connectivity index is 2.81. The fourth-order valence-electron chi connectivity index (χ4n) is 2.01. The van der Waals surface area contributed by atoms with Crippen molar-refractivity contribution in [1.82, 2.24) is 0 Å². The van der Waals surface area contributed by atoms with Crippen molar-refractivity contribution in [2.75, 3.05) is 13.1 Å². The first-order valence-corrected chi connectivity index (χ1v) is 6.78. The molecule has 0 amide bonds. The third-order valence-electron chi connectivity index (χ3n) is 2.66. The third-order valence-corrected chi connectivity index (χ3v) is 3.36. The summed E-state index contributed by atoms with van der Waals surface area (Å²) in [7, 11) is 0. The minimum absolute atomic E-state index is 0.431. The Morgan fingerprint density at radius 1 is 1.06 bits per heavy atom. The van der Waals surface area contributed by atoms with Crippen molar-refractivity contribution in [2.45, 2.75) is 32.6 Å². The molecule has 18 heavy (non-hydrogen) atoms. The molecule has 5 heteroatoms. The summed E-state index contributed by atoms with van der Waals surface area (Å²) >= 11 is 12.2. The molecule has 0 aliphatic carbocycles. The molecule has 0 aliphatic heterocycles. The van der Waals surface area contributed by atoms with E-state index in [1.165, 1.54) is 0 Å². The van der Waals surface area contributed by atoms with Crippen LogP contribution in [0.25, 0.3) is 0 Å². The molecule has 1 rings (SSSR count). The van der Waals surface area contributed by atoms with E-state index in [4.69, 9.17) is 23.2 Å². The summed E-state index contributed by atoms with van der Waals surface area (Å²) in [5, 5.41) is 20.2. The van der Waals surface area contributed by atoms with Crippen LogP contribution in [0.4, 0.5) is 0 Å². The highest BCUT2D eigenvalue weighted by Crippen LogP contribution is 2.23. The summed E-state index contributed by atoms with van der Waals surface area (Å²) in [5.41, 5.74) is 0.858. The van der Waals surface area contributed by atoms with E-state index in [1.54, 1.807) is 32.0 Å². The van der Waals surface area contributed by atoms with Crippen molar-refractivity contribution < 1.29 is 15.1 Å². The fraction of sp³-hybridized carbons (Fsp3) is 0.538. The average molecular weight is 293 g/mol. The van der Waals surface area contributed by atoms with E-state index < -0.39 is 12.2 Å². The molecule has 0 radical (unpaired) electrons. The molecule has 3 nitrogen and oxygen atoms in total. The molecule has 0 bridgehead atoms. The number of hydrogen-bond donors (Lipinski definition) is 3. The van der Waals surface area contributed by atoms with Crippen molar-refractivity contribution in [3.05, 3.63) is 33.8 Å². The molecule has 1 aromatic rings. The van der Waals surface area contributed by atoms with Gasteiger partial charge in [-0.15, -0.1) is 0 Å². The predicted molar refractivity (Wildman–Crippen MR) is 74.2 cm³/mol. The molecule has 102 valence electrons. The quantitative estimate of drug-likeness (QED) is 0.736. The van der Waals surface area contributed by atoms with E-state index in [2.05, 4.69) is 0 Å². The van der Waals surface area contributed by atoms with Crippen LogP contribution in [0, 0.1) is 0 Å². The van der Waals surface area contributed by atoms with Crippen LogP contribution < -0.4 is 4.90 Å². The van der Waals surface area contributed by atoms with E-state index in [0.717, 1.165) is 10.5 Å². The first kappa shape index (κ1) is 15.7. The van der Waals surface area contributed by atoms with Gasteiger partial charge in [0.2, 0.25) is 0 Å². The predicted octanol–water partition coefficient (Wildman–Crippen LogP) is 1.14. The number of aliphatic hydroxyl groups is 2. The number of benzene rings is 1. The van der Waals surface area contributed by atoms with Gasteiger partial charge in [-0.3, -0.25) is 0 Å². The molecule has 0 spiro atoms. The largest absolute Gasteiger partial charge is 0.388 e. The number of hydrogen-bond acceptors (Lipinski definition) is 2. The van der Waals surface area contributed by atoms with Gasteiger partial charge in [-0.2, -0.15) is 0 Å². The average Bonchev–Trinajstić information content (AvgIpc) is 2.21. The Kier molecular flexibility index (Phi) is 6.39. The summed E-state index contributed by atoms with van der Waals surface area (Å²) in [6, 6.07) is 5.40. The molecule has 3 N–H and O–H groups in total. The fourth-order valence-corrected chi connectivity index (χ4v) is 2.55. The van der Waals surface area contributed by atoms with Gasteiger partial charge in [-0.1, -0.05) is 29.3 Å². The molecule has 0 aromatic heterocycles. The van der Waals surface area contributed by atoms with Gasteiger partial charge in [0.05, 0.1) is 10.0 Å². The summed E-state index contributed by atoms with van der Waals surface area (Å²) in [5.74, 6) is 0. The zero-order valence-electron chi connectivity index (χ0n) is 10.7. The molecule has 0 saturated heterocycles. The number of nitrogens with one attached hydrogen (secondary N) is 1. The van der Waals surface area contributed by atoms with Gasteiger partial charge < -0.3 is 15.1 Å². The van der Waals surface area contributed by atoms with E-state index in [9.17, 15) is 10.2 Å². The molecule has 0 unspecified atom stereocenters. The van der Waals surface area contributed by atoms with Crippen LogP contribution in [0.5, 0.6) is 0 Å². The van der Waals surface area contributed by atoms with Crippen LogP contribution in [0.1, 0.15) is 19.4 Å². The molecule has 0 heterocycles.